The summed E-state index contributed by atoms with van der Waals surface area (Å²) >= 11 is 0. The van der Waals surface area contributed by atoms with Gasteiger partial charge >= 0.3 is 0 Å². The lowest BCUT2D eigenvalue weighted by Crippen LogP contribution is -2.12. The maximum absolute atomic E-state index is 5.84. The quantitative estimate of drug-likeness (QED) is 0.529. The number of nitrogens with two attached hydrogens (primary N) is 1. The average molecular weight is 259 g/mol. The van der Waals surface area contributed by atoms with Crippen molar-refractivity contribution in [3.05, 3.63) is 59.2 Å². The first-order valence-electron chi connectivity index (χ1n) is 5.73. The van der Waals surface area contributed by atoms with E-state index in [4.69, 9.17) is 5.73 Å². The molecule has 2 aromatic carbocycles. The maximum Gasteiger partial charge on any atom is 0.125 e. The van der Waals surface area contributed by atoms with Crippen molar-refractivity contribution < 1.29 is 0 Å². The molecule has 1 aliphatic rings. The van der Waals surface area contributed by atoms with Gasteiger partial charge in [0.05, 0.1) is 0 Å². The Morgan fingerprint density at radius 3 is 2.56 bits per heavy atom. The summed E-state index contributed by atoms with van der Waals surface area (Å²) in [6.45, 7) is 0. The van der Waals surface area contributed by atoms with Crippen molar-refractivity contribution in [3.8, 4) is 11.1 Å². The Hall–Kier alpha value is -1.80. The van der Waals surface area contributed by atoms with Gasteiger partial charge in [0.2, 0.25) is 0 Å². The summed E-state index contributed by atoms with van der Waals surface area (Å²) in [5, 5.41) is 0. The number of rotatable bonds is 1. The van der Waals surface area contributed by atoms with E-state index in [0.717, 1.165) is 12.0 Å². The molecule has 3 rings (SSSR count). The van der Waals surface area contributed by atoms with Crippen LogP contribution in [0.25, 0.3) is 11.1 Å². The van der Waals surface area contributed by atoms with Crippen molar-refractivity contribution >= 4 is 18.2 Å². The zero-order valence-electron chi connectivity index (χ0n) is 10.2. The molecule has 3 heteroatoms. The van der Waals surface area contributed by atoms with E-state index in [1.807, 2.05) is 6.07 Å². The summed E-state index contributed by atoms with van der Waals surface area (Å²) in [5.41, 5.74) is 12.3. The molecule has 0 radical (unpaired) electrons. The molecule has 18 heavy (non-hydrogen) atoms. The maximum atomic E-state index is 5.84. The van der Waals surface area contributed by atoms with Crippen LogP contribution in [-0.4, -0.2) is 12.9 Å². The Morgan fingerprint density at radius 2 is 1.78 bits per heavy atom. The molecular formula is C15H15ClN2. The lowest BCUT2D eigenvalue weighted by Gasteiger charge is -2.04. The van der Waals surface area contributed by atoms with Crippen LogP contribution in [-0.2, 0) is 6.42 Å². The minimum absolute atomic E-state index is 0. The third-order valence-corrected chi connectivity index (χ3v) is 3.33. The average Bonchev–Trinajstić information content (AvgIpc) is 2.75. The highest BCUT2D eigenvalue weighted by molar-refractivity contribution is 5.98. The second kappa shape index (κ2) is 4.83. The zero-order chi connectivity index (χ0) is 11.8. The topological polar surface area (TPSA) is 38.4 Å². The molecule has 0 bridgehead atoms. The van der Waals surface area contributed by atoms with Crippen molar-refractivity contribution in [1.29, 1.82) is 0 Å². The number of amidine groups is 1. The lowest BCUT2D eigenvalue weighted by atomic mass is 10.0. The monoisotopic (exact) mass is 258 g/mol. The standard InChI is InChI=1S/C15H14N2.ClH/c1-17-15(16)11-6-7-14-12(9-11)8-10-4-2-3-5-13(10)14;/h2-7,9H,8H2,1H3,(H2,16,17);1H. The van der Waals surface area contributed by atoms with Crippen molar-refractivity contribution in [2.75, 3.05) is 7.05 Å². The second-order valence-electron chi connectivity index (χ2n) is 4.31. The van der Waals surface area contributed by atoms with Crippen molar-refractivity contribution in [3.63, 3.8) is 0 Å². The van der Waals surface area contributed by atoms with E-state index in [9.17, 15) is 0 Å². The van der Waals surface area contributed by atoms with Crippen LogP contribution in [0, 0.1) is 0 Å². The van der Waals surface area contributed by atoms with Gasteiger partial charge in [0.1, 0.15) is 5.84 Å². The first-order valence-corrected chi connectivity index (χ1v) is 5.73. The zero-order valence-corrected chi connectivity index (χ0v) is 11.0. The minimum atomic E-state index is 0. The molecule has 0 heterocycles. The summed E-state index contributed by atoms with van der Waals surface area (Å²) in [4.78, 5) is 4.03. The van der Waals surface area contributed by atoms with Crippen LogP contribution in [0.2, 0.25) is 0 Å². The fourth-order valence-corrected chi connectivity index (χ4v) is 2.43. The number of halogens is 1. The predicted octanol–water partition coefficient (Wildman–Crippen LogP) is 3.01. The van der Waals surface area contributed by atoms with E-state index in [1.54, 1.807) is 7.05 Å². The van der Waals surface area contributed by atoms with E-state index < -0.39 is 0 Å². The van der Waals surface area contributed by atoms with Gasteiger partial charge in [-0.3, -0.25) is 4.99 Å². The van der Waals surface area contributed by atoms with Gasteiger partial charge in [0, 0.05) is 12.6 Å². The summed E-state index contributed by atoms with van der Waals surface area (Å²) in [5.74, 6) is 0.601. The van der Waals surface area contributed by atoms with Gasteiger partial charge in [-0.15, -0.1) is 12.4 Å². The van der Waals surface area contributed by atoms with Crippen LogP contribution in [0.1, 0.15) is 16.7 Å². The number of hydrogen-bond donors (Lipinski definition) is 1. The Labute approximate surface area is 113 Å². The van der Waals surface area contributed by atoms with E-state index in [1.165, 1.54) is 22.3 Å². The van der Waals surface area contributed by atoms with E-state index >= 15 is 0 Å². The number of hydrogen-bond acceptors (Lipinski definition) is 1. The molecule has 0 amide bonds. The van der Waals surface area contributed by atoms with Gasteiger partial charge in [0.15, 0.2) is 0 Å². The number of nitrogens with zero attached hydrogens (tertiary/aromatic N) is 1. The number of benzene rings is 2. The second-order valence-corrected chi connectivity index (χ2v) is 4.31. The van der Waals surface area contributed by atoms with Crippen molar-refractivity contribution in [2.24, 2.45) is 10.7 Å². The minimum Gasteiger partial charge on any atom is -0.384 e. The fraction of sp³-hybridized carbons (Fsp3) is 0.133. The normalized spacial score (nSPS) is 12.6. The van der Waals surface area contributed by atoms with E-state index in [0.29, 0.717) is 5.84 Å². The van der Waals surface area contributed by atoms with E-state index in [2.05, 4.69) is 41.4 Å². The highest BCUT2D eigenvalue weighted by Crippen LogP contribution is 2.36. The summed E-state index contributed by atoms with van der Waals surface area (Å²) in [6, 6.07) is 14.9. The largest absolute Gasteiger partial charge is 0.384 e. The molecule has 0 saturated carbocycles. The van der Waals surface area contributed by atoms with Crippen LogP contribution in [0.5, 0.6) is 0 Å². The smallest absolute Gasteiger partial charge is 0.125 e. The van der Waals surface area contributed by atoms with E-state index in [-0.39, 0.29) is 12.4 Å². The highest BCUT2D eigenvalue weighted by Gasteiger charge is 2.18. The van der Waals surface area contributed by atoms with Crippen molar-refractivity contribution in [1.82, 2.24) is 0 Å². The Kier molecular flexibility index (Phi) is 3.39. The fourth-order valence-electron chi connectivity index (χ4n) is 2.43. The predicted molar refractivity (Wildman–Crippen MR) is 78.6 cm³/mol. The molecule has 0 aromatic heterocycles. The highest BCUT2D eigenvalue weighted by atomic mass is 35.5. The molecule has 0 fully saturated rings. The summed E-state index contributed by atoms with van der Waals surface area (Å²) < 4.78 is 0. The van der Waals surface area contributed by atoms with Crippen molar-refractivity contribution in [2.45, 2.75) is 6.42 Å². The third kappa shape index (κ3) is 1.89. The molecule has 2 aromatic rings. The van der Waals surface area contributed by atoms with Gasteiger partial charge in [0.25, 0.3) is 0 Å². The lowest BCUT2D eigenvalue weighted by molar-refractivity contribution is 1.26. The first-order chi connectivity index (χ1) is 8.29. The van der Waals surface area contributed by atoms with Gasteiger partial charge in [-0.1, -0.05) is 36.4 Å². The molecular weight excluding hydrogens is 244 g/mol. The van der Waals surface area contributed by atoms with Crippen LogP contribution < -0.4 is 5.73 Å². The van der Waals surface area contributed by atoms with Crippen LogP contribution in [0.3, 0.4) is 0 Å². The molecule has 92 valence electrons. The van der Waals surface area contributed by atoms with Gasteiger partial charge < -0.3 is 5.73 Å². The molecule has 0 spiro atoms. The summed E-state index contributed by atoms with van der Waals surface area (Å²) in [7, 11) is 1.72. The molecule has 2 nitrogen and oxygen atoms in total. The van der Waals surface area contributed by atoms with Crippen LogP contribution in [0.4, 0.5) is 0 Å². The molecule has 0 aliphatic heterocycles. The Balaban J connectivity index is 0.00000120. The Morgan fingerprint density at radius 1 is 1.06 bits per heavy atom. The molecule has 0 saturated heterocycles. The molecule has 1 aliphatic carbocycles. The van der Waals surface area contributed by atoms with Gasteiger partial charge in [-0.05, 0) is 34.7 Å². The third-order valence-electron chi connectivity index (χ3n) is 3.33. The SMILES string of the molecule is CN=C(N)c1ccc2c(c1)Cc1ccccc1-2.Cl. The molecule has 0 atom stereocenters. The molecule has 0 unspecified atom stereocenters. The van der Waals surface area contributed by atoms with Gasteiger partial charge in [-0.25, -0.2) is 0 Å². The van der Waals surface area contributed by atoms with Crippen LogP contribution >= 0.6 is 12.4 Å². The number of fused-ring (bicyclic) bond motifs is 3. The van der Waals surface area contributed by atoms with Crippen LogP contribution in [0.15, 0.2) is 47.5 Å². The summed E-state index contributed by atoms with van der Waals surface area (Å²) in [6.07, 6.45) is 0.996. The molecule has 2 N–H and O–H groups in total. The van der Waals surface area contributed by atoms with Gasteiger partial charge in [-0.2, -0.15) is 0 Å². The Bertz CT molecular complexity index is 618. The first kappa shape index (κ1) is 12.7. The number of aliphatic imine (C=N–C) groups is 1.